The van der Waals surface area contributed by atoms with E-state index in [9.17, 15) is 4.79 Å². The first-order valence-electron chi connectivity index (χ1n) is 8.80. The smallest absolute Gasteiger partial charge is 0.223 e. The van der Waals surface area contributed by atoms with Crippen LogP contribution in [-0.4, -0.2) is 16.9 Å². The number of rotatable bonds is 6. The minimum absolute atomic E-state index is 0. The zero-order valence-corrected chi connectivity index (χ0v) is 17.0. The molecule has 1 fully saturated rings. The molecular formula is C20H27Cl2N3O2. The number of hydrogen-bond donors (Lipinski definition) is 2. The maximum Gasteiger partial charge on any atom is 0.223 e. The SMILES string of the molecule is CC(NC(=O)C1CCC(N)C1)c1cccc(OCc2ccccn2)c1.Cl.Cl. The van der Waals surface area contributed by atoms with Crippen LogP contribution in [0.5, 0.6) is 5.75 Å². The molecule has 1 aliphatic carbocycles. The van der Waals surface area contributed by atoms with E-state index in [1.807, 2.05) is 49.4 Å². The molecule has 0 saturated heterocycles. The van der Waals surface area contributed by atoms with E-state index in [1.165, 1.54) is 0 Å². The monoisotopic (exact) mass is 411 g/mol. The molecule has 5 nitrogen and oxygen atoms in total. The van der Waals surface area contributed by atoms with E-state index in [1.54, 1.807) is 6.20 Å². The van der Waals surface area contributed by atoms with Gasteiger partial charge in [-0.1, -0.05) is 18.2 Å². The number of nitrogens with one attached hydrogen (secondary N) is 1. The quantitative estimate of drug-likeness (QED) is 0.757. The summed E-state index contributed by atoms with van der Waals surface area (Å²) in [7, 11) is 0. The van der Waals surface area contributed by atoms with Gasteiger partial charge in [-0.15, -0.1) is 24.8 Å². The minimum Gasteiger partial charge on any atom is -0.487 e. The highest BCUT2D eigenvalue weighted by Gasteiger charge is 2.28. The molecule has 0 aliphatic heterocycles. The Balaban J connectivity index is 0.00000182. The standard InChI is InChI=1S/C20H25N3O2.2ClH/c1-14(23-20(24)16-8-9-17(21)11-16)15-5-4-7-19(12-15)25-13-18-6-2-3-10-22-18;;/h2-7,10,12,14,16-17H,8-9,11,13,21H2,1H3,(H,23,24);2*1H. The van der Waals surface area contributed by atoms with Crippen molar-refractivity contribution in [3.8, 4) is 5.75 Å². The van der Waals surface area contributed by atoms with Crippen molar-refractivity contribution >= 4 is 30.7 Å². The summed E-state index contributed by atoms with van der Waals surface area (Å²) in [6, 6.07) is 13.7. The van der Waals surface area contributed by atoms with Crippen molar-refractivity contribution in [1.29, 1.82) is 0 Å². The number of pyridine rings is 1. The fourth-order valence-electron chi connectivity index (χ4n) is 3.18. The Hall–Kier alpha value is -1.82. The largest absolute Gasteiger partial charge is 0.487 e. The zero-order chi connectivity index (χ0) is 17.6. The highest BCUT2D eigenvalue weighted by atomic mass is 35.5. The normalized spacial score (nSPS) is 19.3. The zero-order valence-electron chi connectivity index (χ0n) is 15.3. The average Bonchev–Trinajstić information content (AvgIpc) is 3.08. The van der Waals surface area contributed by atoms with Crippen molar-refractivity contribution in [2.45, 2.75) is 44.9 Å². The van der Waals surface area contributed by atoms with Gasteiger partial charge in [0, 0.05) is 18.2 Å². The summed E-state index contributed by atoms with van der Waals surface area (Å²) in [5.41, 5.74) is 7.81. The molecule has 3 rings (SSSR count). The molecule has 3 N–H and O–H groups in total. The molecule has 1 amide bonds. The predicted molar refractivity (Wildman–Crippen MR) is 111 cm³/mol. The van der Waals surface area contributed by atoms with E-state index >= 15 is 0 Å². The Kier molecular flexibility index (Phi) is 9.56. The highest BCUT2D eigenvalue weighted by molar-refractivity contribution is 5.85. The van der Waals surface area contributed by atoms with Gasteiger partial charge in [0.05, 0.1) is 11.7 Å². The van der Waals surface area contributed by atoms with Gasteiger partial charge in [-0.2, -0.15) is 0 Å². The molecule has 3 atom stereocenters. The van der Waals surface area contributed by atoms with Crippen LogP contribution in [0.2, 0.25) is 0 Å². The molecular weight excluding hydrogens is 385 g/mol. The predicted octanol–water partition coefficient (Wildman–Crippen LogP) is 3.81. The van der Waals surface area contributed by atoms with Crippen molar-refractivity contribution in [2.75, 3.05) is 0 Å². The molecule has 3 unspecified atom stereocenters. The summed E-state index contributed by atoms with van der Waals surface area (Å²) in [5.74, 6) is 0.911. The van der Waals surface area contributed by atoms with Crippen molar-refractivity contribution in [1.82, 2.24) is 10.3 Å². The molecule has 0 radical (unpaired) electrons. The molecule has 1 aromatic carbocycles. The van der Waals surface area contributed by atoms with Crippen LogP contribution in [0.25, 0.3) is 0 Å². The number of benzene rings is 1. The van der Waals surface area contributed by atoms with Gasteiger partial charge in [-0.05, 0) is 56.0 Å². The third-order valence-electron chi connectivity index (χ3n) is 4.67. The van der Waals surface area contributed by atoms with Gasteiger partial charge in [-0.25, -0.2) is 0 Å². The Bertz CT molecular complexity index is 715. The van der Waals surface area contributed by atoms with Crippen molar-refractivity contribution < 1.29 is 9.53 Å². The van der Waals surface area contributed by atoms with Crippen LogP contribution in [0.15, 0.2) is 48.7 Å². The first kappa shape index (κ1) is 23.2. The number of nitrogens with two attached hydrogens (primary N) is 1. The highest BCUT2D eigenvalue weighted by Crippen LogP contribution is 2.26. The van der Waals surface area contributed by atoms with Crippen LogP contribution in [0.3, 0.4) is 0 Å². The average molecular weight is 412 g/mol. The van der Waals surface area contributed by atoms with Gasteiger partial charge in [0.15, 0.2) is 0 Å². The second kappa shape index (κ2) is 11.1. The number of carbonyl (C=O) groups is 1. The maximum atomic E-state index is 12.4. The fourth-order valence-corrected chi connectivity index (χ4v) is 3.18. The molecule has 1 aromatic heterocycles. The topological polar surface area (TPSA) is 77.2 Å². The summed E-state index contributed by atoms with van der Waals surface area (Å²) >= 11 is 0. The fraction of sp³-hybridized carbons (Fsp3) is 0.400. The van der Waals surface area contributed by atoms with Crippen LogP contribution in [0.1, 0.15) is 43.5 Å². The molecule has 27 heavy (non-hydrogen) atoms. The maximum absolute atomic E-state index is 12.4. The van der Waals surface area contributed by atoms with Gasteiger partial charge >= 0.3 is 0 Å². The summed E-state index contributed by atoms with van der Waals surface area (Å²) in [5, 5.41) is 3.10. The van der Waals surface area contributed by atoms with Gasteiger partial charge in [0.25, 0.3) is 0 Å². The summed E-state index contributed by atoms with van der Waals surface area (Å²) in [4.78, 5) is 16.6. The van der Waals surface area contributed by atoms with E-state index in [2.05, 4.69) is 10.3 Å². The second-order valence-electron chi connectivity index (χ2n) is 6.68. The van der Waals surface area contributed by atoms with Crippen molar-refractivity contribution in [2.24, 2.45) is 11.7 Å². The number of hydrogen-bond acceptors (Lipinski definition) is 4. The first-order valence-corrected chi connectivity index (χ1v) is 8.80. The summed E-state index contributed by atoms with van der Waals surface area (Å²) in [6.07, 6.45) is 4.35. The molecule has 148 valence electrons. The van der Waals surface area contributed by atoms with Crippen molar-refractivity contribution in [3.05, 3.63) is 59.9 Å². The van der Waals surface area contributed by atoms with Crippen molar-refractivity contribution in [3.63, 3.8) is 0 Å². The lowest BCUT2D eigenvalue weighted by atomic mass is 10.0. The van der Waals surface area contributed by atoms with E-state index in [4.69, 9.17) is 10.5 Å². The Labute approximate surface area is 172 Å². The van der Waals surface area contributed by atoms with Gasteiger partial charge in [0.1, 0.15) is 12.4 Å². The van der Waals surface area contributed by atoms with Gasteiger partial charge in [0.2, 0.25) is 5.91 Å². The lowest BCUT2D eigenvalue weighted by Crippen LogP contribution is -2.32. The molecule has 1 saturated carbocycles. The lowest BCUT2D eigenvalue weighted by Gasteiger charge is -2.18. The van der Waals surface area contributed by atoms with Gasteiger partial charge in [-0.3, -0.25) is 9.78 Å². The number of carbonyl (C=O) groups excluding carboxylic acids is 1. The second-order valence-corrected chi connectivity index (χ2v) is 6.68. The van der Waals surface area contributed by atoms with E-state index in [0.29, 0.717) is 6.61 Å². The molecule has 1 aliphatic rings. The molecule has 1 heterocycles. The van der Waals surface area contributed by atoms with Gasteiger partial charge < -0.3 is 15.8 Å². The number of aromatic nitrogens is 1. The lowest BCUT2D eigenvalue weighted by molar-refractivity contribution is -0.125. The number of halogens is 2. The summed E-state index contributed by atoms with van der Waals surface area (Å²) < 4.78 is 5.81. The van der Waals surface area contributed by atoms with Crippen LogP contribution in [-0.2, 0) is 11.4 Å². The van der Waals surface area contributed by atoms with Crippen LogP contribution < -0.4 is 15.8 Å². The van der Waals surface area contributed by atoms with E-state index in [0.717, 1.165) is 36.3 Å². The molecule has 0 spiro atoms. The van der Waals surface area contributed by atoms with E-state index in [-0.39, 0.29) is 48.7 Å². The molecule has 2 aromatic rings. The van der Waals surface area contributed by atoms with Crippen LogP contribution in [0, 0.1) is 5.92 Å². The molecule has 7 heteroatoms. The molecule has 0 bridgehead atoms. The number of ether oxygens (including phenoxy) is 1. The number of amides is 1. The summed E-state index contributed by atoms with van der Waals surface area (Å²) in [6.45, 7) is 2.41. The first-order chi connectivity index (χ1) is 12.1. The Morgan fingerprint density at radius 1 is 1.26 bits per heavy atom. The van der Waals surface area contributed by atoms with Crippen LogP contribution in [0.4, 0.5) is 0 Å². The minimum atomic E-state index is -0.0669. The Morgan fingerprint density at radius 2 is 2.07 bits per heavy atom. The third-order valence-corrected chi connectivity index (χ3v) is 4.67. The number of nitrogens with zero attached hydrogens (tertiary/aromatic N) is 1. The van der Waals surface area contributed by atoms with E-state index < -0.39 is 0 Å². The third kappa shape index (κ3) is 6.69. The Morgan fingerprint density at radius 3 is 2.74 bits per heavy atom. The van der Waals surface area contributed by atoms with Crippen LogP contribution >= 0.6 is 24.8 Å².